The average Bonchev–Trinajstić information content (AvgIpc) is 2.25. The van der Waals surface area contributed by atoms with Crippen LogP contribution in [0, 0.1) is 5.82 Å². The summed E-state index contributed by atoms with van der Waals surface area (Å²) in [5, 5.41) is 9.72. The fraction of sp³-hybridized carbons (Fsp3) is 0.500. The highest BCUT2D eigenvalue weighted by Crippen LogP contribution is 2.22. The molecule has 1 aromatic rings. The van der Waals surface area contributed by atoms with E-state index in [0.717, 1.165) is 0 Å². The van der Waals surface area contributed by atoms with Gasteiger partial charge in [0.05, 0.1) is 19.8 Å². The van der Waals surface area contributed by atoms with E-state index in [-0.39, 0.29) is 18.5 Å². The molecule has 3 nitrogen and oxygen atoms in total. The third kappa shape index (κ3) is 3.47. The summed E-state index contributed by atoms with van der Waals surface area (Å²) in [6.07, 6.45) is -0.777. The van der Waals surface area contributed by atoms with E-state index in [1.54, 1.807) is 6.07 Å². The summed E-state index contributed by atoms with van der Waals surface area (Å²) in [7, 11) is 1.40. The Morgan fingerprint density at radius 3 is 2.56 bits per heavy atom. The lowest BCUT2D eigenvalue weighted by Gasteiger charge is -2.14. The summed E-state index contributed by atoms with van der Waals surface area (Å²) in [5.41, 5.74) is 0.485. The smallest absolute Gasteiger partial charge is 0.165 e. The standard InChI is InChI=1S/C12H17FO3/c1-8(2)16-7-11(14)9-4-5-12(15-3)10(13)6-9/h4-6,8,11,14H,7H2,1-3H3. The van der Waals surface area contributed by atoms with Crippen molar-refractivity contribution in [2.45, 2.75) is 26.1 Å². The Hall–Kier alpha value is -1.13. The van der Waals surface area contributed by atoms with E-state index >= 15 is 0 Å². The molecule has 0 aliphatic carbocycles. The van der Waals surface area contributed by atoms with Crippen molar-refractivity contribution >= 4 is 0 Å². The highest BCUT2D eigenvalue weighted by Gasteiger charge is 2.11. The van der Waals surface area contributed by atoms with Crippen LogP contribution in [0.5, 0.6) is 5.75 Å². The van der Waals surface area contributed by atoms with Gasteiger partial charge >= 0.3 is 0 Å². The van der Waals surface area contributed by atoms with Gasteiger partial charge in [-0.1, -0.05) is 6.07 Å². The molecule has 1 atom stereocenters. The highest BCUT2D eigenvalue weighted by molar-refractivity contribution is 5.30. The molecule has 0 saturated carbocycles. The predicted octanol–water partition coefficient (Wildman–Crippen LogP) is 2.29. The van der Waals surface area contributed by atoms with Gasteiger partial charge in [-0.15, -0.1) is 0 Å². The summed E-state index contributed by atoms with van der Waals surface area (Å²) in [5.74, 6) is -0.315. The zero-order chi connectivity index (χ0) is 12.1. The molecule has 0 aromatic heterocycles. The fourth-order valence-electron chi connectivity index (χ4n) is 1.27. The second-order valence-corrected chi connectivity index (χ2v) is 3.79. The topological polar surface area (TPSA) is 38.7 Å². The zero-order valence-corrected chi connectivity index (χ0v) is 9.74. The van der Waals surface area contributed by atoms with Gasteiger partial charge in [0.1, 0.15) is 6.10 Å². The maximum atomic E-state index is 13.3. The van der Waals surface area contributed by atoms with Crippen LogP contribution >= 0.6 is 0 Å². The lowest BCUT2D eigenvalue weighted by molar-refractivity contribution is 0.00480. The molecule has 1 rings (SSSR count). The fourth-order valence-corrected chi connectivity index (χ4v) is 1.27. The van der Waals surface area contributed by atoms with Crippen LogP contribution in [-0.2, 0) is 4.74 Å². The van der Waals surface area contributed by atoms with E-state index in [1.807, 2.05) is 13.8 Å². The SMILES string of the molecule is COc1ccc(C(O)COC(C)C)cc1F. The number of ether oxygens (including phenoxy) is 2. The van der Waals surface area contributed by atoms with Crippen molar-refractivity contribution in [2.75, 3.05) is 13.7 Å². The van der Waals surface area contributed by atoms with Crippen molar-refractivity contribution in [3.05, 3.63) is 29.6 Å². The largest absolute Gasteiger partial charge is 0.494 e. The van der Waals surface area contributed by atoms with Crippen molar-refractivity contribution in [1.82, 2.24) is 0 Å². The predicted molar refractivity (Wildman–Crippen MR) is 59.0 cm³/mol. The molecule has 0 spiro atoms. The van der Waals surface area contributed by atoms with E-state index in [0.29, 0.717) is 5.56 Å². The van der Waals surface area contributed by atoms with E-state index in [9.17, 15) is 9.50 Å². The lowest BCUT2D eigenvalue weighted by Crippen LogP contribution is -2.12. The third-order valence-corrected chi connectivity index (χ3v) is 2.15. The molecule has 16 heavy (non-hydrogen) atoms. The number of rotatable bonds is 5. The van der Waals surface area contributed by atoms with Crippen LogP contribution in [0.1, 0.15) is 25.5 Å². The van der Waals surface area contributed by atoms with Gasteiger partial charge in [-0.2, -0.15) is 0 Å². The number of aliphatic hydroxyl groups is 1. The first-order chi connectivity index (χ1) is 7.54. The van der Waals surface area contributed by atoms with Crippen LogP contribution in [0.3, 0.4) is 0 Å². The Labute approximate surface area is 94.8 Å². The summed E-state index contributed by atoms with van der Waals surface area (Å²) < 4.78 is 23.4. The maximum Gasteiger partial charge on any atom is 0.165 e. The Morgan fingerprint density at radius 2 is 2.06 bits per heavy atom. The van der Waals surface area contributed by atoms with Gasteiger partial charge in [0.15, 0.2) is 11.6 Å². The number of benzene rings is 1. The Morgan fingerprint density at radius 1 is 1.38 bits per heavy atom. The van der Waals surface area contributed by atoms with Gasteiger partial charge in [0.25, 0.3) is 0 Å². The first kappa shape index (κ1) is 12.9. The van der Waals surface area contributed by atoms with Crippen LogP contribution in [0.2, 0.25) is 0 Å². The average molecular weight is 228 g/mol. The molecule has 0 heterocycles. The Bertz CT molecular complexity index is 339. The van der Waals surface area contributed by atoms with Crippen LogP contribution in [0.15, 0.2) is 18.2 Å². The normalized spacial score (nSPS) is 12.9. The minimum Gasteiger partial charge on any atom is -0.494 e. The quantitative estimate of drug-likeness (QED) is 0.840. The van der Waals surface area contributed by atoms with Gasteiger partial charge in [-0.3, -0.25) is 0 Å². The Kier molecular flexibility index (Phi) is 4.71. The van der Waals surface area contributed by atoms with Crippen molar-refractivity contribution in [2.24, 2.45) is 0 Å². The van der Waals surface area contributed by atoms with Crippen LogP contribution in [0.4, 0.5) is 4.39 Å². The first-order valence-corrected chi connectivity index (χ1v) is 5.17. The summed E-state index contributed by atoms with van der Waals surface area (Å²) in [4.78, 5) is 0. The molecule has 0 saturated heterocycles. The van der Waals surface area contributed by atoms with Crippen molar-refractivity contribution in [1.29, 1.82) is 0 Å². The van der Waals surface area contributed by atoms with Gasteiger partial charge in [-0.05, 0) is 31.5 Å². The molecular weight excluding hydrogens is 211 g/mol. The second-order valence-electron chi connectivity index (χ2n) is 3.79. The number of hydrogen-bond donors (Lipinski definition) is 1. The van der Waals surface area contributed by atoms with Crippen molar-refractivity contribution < 1.29 is 19.0 Å². The molecule has 90 valence electrons. The molecule has 1 N–H and O–H groups in total. The van der Waals surface area contributed by atoms with Gasteiger partial charge < -0.3 is 14.6 Å². The van der Waals surface area contributed by atoms with Gasteiger partial charge in [0, 0.05) is 0 Å². The van der Waals surface area contributed by atoms with E-state index in [1.165, 1.54) is 19.2 Å². The molecule has 0 radical (unpaired) electrons. The minimum atomic E-state index is -0.817. The highest BCUT2D eigenvalue weighted by atomic mass is 19.1. The molecule has 1 aromatic carbocycles. The summed E-state index contributed by atoms with van der Waals surface area (Å²) in [6, 6.07) is 4.37. The van der Waals surface area contributed by atoms with Crippen LogP contribution in [-0.4, -0.2) is 24.9 Å². The summed E-state index contributed by atoms with van der Waals surface area (Å²) >= 11 is 0. The first-order valence-electron chi connectivity index (χ1n) is 5.17. The van der Waals surface area contributed by atoms with Crippen molar-refractivity contribution in [3.8, 4) is 5.75 Å². The number of halogens is 1. The molecule has 4 heteroatoms. The molecule has 0 amide bonds. The van der Waals surface area contributed by atoms with E-state index < -0.39 is 11.9 Å². The summed E-state index contributed by atoms with van der Waals surface area (Å²) in [6.45, 7) is 3.91. The van der Waals surface area contributed by atoms with Crippen LogP contribution in [0.25, 0.3) is 0 Å². The molecule has 0 aliphatic rings. The van der Waals surface area contributed by atoms with Crippen molar-refractivity contribution in [3.63, 3.8) is 0 Å². The Balaban J connectivity index is 2.69. The van der Waals surface area contributed by atoms with E-state index in [4.69, 9.17) is 9.47 Å². The van der Waals surface area contributed by atoms with Gasteiger partial charge in [0.2, 0.25) is 0 Å². The molecule has 1 unspecified atom stereocenters. The molecule has 0 aliphatic heterocycles. The van der Waals surface area contributed by atoms with Crippen LogP contribution < -0.4 is 4.74 Å². The molecular formula is C12H17FO3. The second kappa shape index (κ2) is 5.82. The zero-order valence-electron chi connectivity index (χ0n) is 9.74. The number of hydrogen-bond acceptors (Lipinski definition) is 3. The number of aliphatic hydroxyl groups excluding tert-OH is 1. The van der Waals surface area contributed by atoms with E-state index in [2.05, 4.69) is 0 Å². The maximum absolute atomic E-state index is 13.3. The molecule has 0 bridgehead atoms. The monoisotopic (exact) mass is 228 g/mol. The third-order valence-electron chi connectivity index (χ3n) is 2.15. The minimum absolute atomic E-state index is 0.0396. The lowest BCUT2D eigenvalue weighted by atomic mass is 10.1. The van der Waals surface area contributed by atoms with Gasteiger partial charge in [-0.25, -0.2) is 4.39 Å². The molecule has 0 fully saturated rings. The number of methoxy groups -OCH3 is 1.